The van der Waals surface area contributed by atoms with Crippen LogP contribution in [0.5, 0.6) is 5.75 Å². The van der Waals surface area contributed by atoms with Gasteiger partial charge >= 0.3 is 0 Å². The van der Waals surface area contributed by atoms with Crippen molar-refractivity contribution in [3.05, 3.63) is 68.7 Å². The molecule has 1 N–H and O–H groups in total. The van der Waals surface area contributed by atoms with E-state index >= 15 is 0 Å². The molecule has 1 heterocycles. The monoisotopic (exact) mass is 391 g/mol. The lowest BCUT2D eigenvalue weighted by Crippen LogP contribution is -2.32. The molecule has 0 saturated carbocycles. The zero-order valence-electron chi connectivity index (χ0n) is 13.8. The summed E-state index contributed by atoms with van der Waals surface area (Å²) in [5.41, 5.74) is 0.900. The second-order valence-corrected chi connectivity index (χ2v) is 6.43. The van der Waals surface area contributed by atoms with Crippen molar-refractivity contribution < 1.29 is 9.53 Å². The molecule has 3 aromatic rings. The summed E-state index contributed by atoms with van der Waals surface area (Å²) in [5, 5.41) is 3.66. The van der Waals surface area contributed by atoms with Crippen molar-refractivity contribution in [1.82, 2.24) is 14.9 Å². The lowest BCUT2D eigenvalue weighted by Gasteiger charge is -2.09. The summed E-state index contributed by atoms with van der Waals surface area (Å²) in [7, 11) is 1.59. The number of carbonyl (C=O) groups excluding carboxylic acids is 1. The molecule has 6 nitrogen and oxygen atoms in total. The van der Waals surface area contributed by atoms with Crippen LogP contribution in [-0.4, -0.2) is 22.6 Å². The highest BCUT2D eigenvalue weighted by Crippen LogP contribution is 2.23. The van der Waals surface area contributed by atoms with Crippen LogP contribution in [0.3, 0.4) is 0 Å². The number of methoxy groups -OCH3 is 1. The summed E-state index contributed by atoms with van der Waals surface area (Å²) in [4.78, 5) is 28.8. The summed E-state index contributed by atoms with van der Waals surface area (Å²) in [6.45, 7) is 0.193. The first-order chi connectivity index (χ1) is 12.5. The maximum atomic E-state index is 12.5. The average molecular weight is 392 g/mol. The van der Waals surface area contributed by atoms with Crippen LogP contribution in [-0.2, 0) is 17.9 Å². The third kappa shape index (κ3) is 3.98. The fourth-order valence-corrected chi connectivity index (χ4v) is 3.00. The molecule has 1 aromatic heterocycles. The van der Waals surface area contributed by atoms with E-state index in [1.165, 1.54) is 23.0 Å². The molecule has 134 valence electrons. The van der Waals surface area contributed by atoms with E-state index in [0.717, 1.165) is 11.3 Å². The maximum Gasteiger partial charge on any atom is 0.261 e. The number of hydrogen-bond acceptors (Lipinski definition) is 4. The second-order valence-electron chi connectivity index (χ2n) is 5.59. The number of benzene rings is 2. The molecule has 26 heavy (non-hydrogen) atoms. The number of hydrogen-bond donors (Lipinski definition) is 1. The van der Waals surface area contributed by atoms with Crippen molar-refractivity contribution in [2.45, 2.75) is 13.1 Å². The van der Waals surface area contributed by atoms with Crippen molar-refractivity contribution in [3.63, 3.8) is 0 Å². The van der Waals surface area contributed by atoms with E-state index in [9.17, 15) is 9.59 Å². The molecule has 0 radical (unpaired) electrons. The van der Waals surface area contributed by atoms with Gasteiger partial charge in [-0.1, -0.05) is 35.3 Å². The van der Waals surface area contributed by atoms with E-state index in [1.807, 2.05) is 24.3 Å². The molecule has 0 aliphatic carbocycles. The molecule has 0 fully saturated rings. The van der Waals surface area contributed by atoms with E-state index in [4.69, 9.17) is 27.9 Å². The first-order valence-electron chi connectivity index (χ1n) is 7.72. The third-order valence-electron chi connectivity index (χ3n) is 3.81. The second kappa shape index (κ2) is 7.76. The normalized spacial score (nSPS) is 10.7. The Bertz CT molecular complexity index is 1020. The first kappa shape index (κ1) is 18.2. The van der Waals surface area contributed by atoms with Gasteiger partial charge in [0.2, 0.25) is 5.91 Å². The number of ether oxygens (including phenoxy) is 1. The Morgan fingerprint density at radius 2 is 1.96 bits per heavy atom. The molecule has 1 amide bonds. The Hall–Kier alpha value is -2.57. The molecule has 0 aliphatic heterocycles. The van der Waals surface area contributed by atoms with E-state index in [-0.39, 0.29) is 23.4 Å². The smallest absolute Gasteiger partial charge is 0.261 e. The van der Waals surface area contributed by atoms with Gasteiger partial charge in [0.15, 0.2) is 0 Å². The molecule has 0 unspecified atom stereocenters. The van der Waals surface area contributed by atoms with Gasteiger partial charge < -0.3 is 10.1 Å². The zero-order chi connectivity index (χ0) is 18.7. The van der Waals surface area contributed by atoms with Crippen LogP contribution >= 0.6 is 23.2 Å². The van der Waals surface area contributed by atoms with Gasteiger partial charge in [-0.05, 0) is 29.8 Å². The molecule has 0 saturated heterocycles. The van der Waals surface area contributed by atoms with E-state index < -0.39 is 0 Å². The van der Waals surface area contributed by atoms with Gasteiger partial charge in [-0.2, -0.15) is 0 Å². The molecule has 0 atom stereocenters. The number of rotatable bonds is 5. The predicted octanol–water partition coefficient (Wildman–Crippen LogP) is 3.03. The summed E-state index contributed by atoms with van der Waals surface area (Å²) < 4.78 is 6.31. The van der Waals surface area contributed by atoms with Gasteiger partial charge in [0, 0.05) is 11.6 Å². The molecular weight excluding hydrogens is 377 g/mol. The van der Waals surface area contributed by atoms with E-state index in [0.29, 0.717) is 22.1 Å². The third-order valence-corrected chi connectivity index (χ3v) is 4.31. The maximum absolute atomic E-state index is 12.5. The average Bonchev–Trinajstić information content (AvgIpc) is 2.63. The number of aromatic nitrogens is 2. The van der Waals surface area contributed by atoms with Crippen LogP contribution in [0.2, 0.25) is 10.0 Å². The van der Waals surface area contributed by atoms with Crippen molar-refractivity contribution in [3.8, 4) is 5.75 Å². The number of fused-ring (bicyclic) bond motifs is 1. The molecule has 0 aliphatic rings. The first-order valence-corrected chi connectivity index (χ1v) is 8.47. The minimum absolute atomic E-state index is 0.151. The quantitative estimate of drug-likeness (QED) is 0.725. The zero-order valence-corrected chi connectivity index (χ0v) is 15.3. The minimum atomic E-state index is -0.376. The lowest BCUT2D eigenvalue weighted by atomic mass is 10.2. The topological polar surface area (TPSA) is 73.2 Å². The number of nitrogens with one attached hydrogen (secondary N) is 1. The van der Waals surface area contributed by atoms with Gasteiger partial charge in [0.05, 0.1) is 29.4 Å². The molecule has 3 rings (SSSR count). The highest BCUT2D eigenvalue weighted by molar-refractivity contribution is 6.38. The van der Waals surface area contributed by atoms with E-state index in [2.05, 4.69) is 10.3 Å². The fourth-order valence-electron chi connectivity index (χ4n) is 2.46. The van der Waals surface area contributed by atoms with Crippen LogP contribution in [0.1, 0.15) is 5.56 Å². The fraction of sp³-hybridized carbons (Fsp3) is 0.167. The predicted molar refractivity (Wildman–Crippen MR) is 101 cm³/mol. The molecule has 0 spiro atoms. The Kier molecular flexibility index (Phi) is 5.44. The summed E-state index contributed by atoms with van der Waals surface area (Å²) >= 11 is 12.0. The van der Waals surface area contributed by atoms with Crippen molar-refractivity contribution in [2.24, 2.45) is 0 Å². The molecule has 2 aromatic carbocycles. The van der Waals surface area contributed by atoms with Gasteiger partial charge in [-0.25, -0.2) is 4.98 Å². The minimum Gasteiger partial charge on any atom is -0.497 e. The Morgan fingerprint density at radius 1 is 1.23 bits per heavy atom. The Morgan fingerprint density at radius 3 is 2.65 bits per heavy atom. The number of nitrogens with zero attached hydrogens (tertiary/aromatic N) is 2. The summed E-state index contributed by atoms with van der Waals surface area (Å²) in [6.07, 6.45) is 1.30. The Balaban J connectivity index is 1.72. The van der Waals surface area contributed by atoms with Gasteiger partial charge in [0.25, 0.3) is 5.56 Å². The number of carbonyl (C=O) groups is 1. The standard InChI is InChI=1S/C18H15Cl2N3O3/c1-26-13-4-2-11(3-5-13)8-21-16(24)9-23-10-22-17-14(18(23)25)6-12(19)7-15(17)20/h2-7,10H,8-9H2,1H3,(H,21,24). The SMILES string of the molecule is COc1ccc(CNC(=O)Cn2cnc3c(Cl)cc(Cl)cc3c2=O)cc1. The lowest BCUT2D eigenvalue weighted by molar-refractivity contribution is -0.121. The van der Waals surface area contributed by atoms with Crippen LogP contribution < -0.4 is 15.6 Å². The van der Waals surface area contributed by atoms with Crippen LogP contribution in [0, 0.1) is 0 Å². The van der Waals surface area contributed by atoms with Crippen molar-refractivity contribution in [2.75, 3.05) is 7.11 Å². The number of amides is 1. The van der Waals surface area contributed by atoms with Crippen molar-refractivity contribution in [1.29, 1.82) is 0 Å². The van der Waals surface area contributed by atoms with Crippen LogP contribution in [0.4, 0.5) is 0 Å². The molecular formula is C18H15Cl2N3O3. The summed E-state index contributed by atoms with van der Waals surface area (Å²) in [6, 6.07) is 10.3. The summed E-state index contributed by atoms with van der Waals surface area (Å²) in [5.74, 6) is 0.434. The van der Waals surface area contributed by atoms with Gasteiger partial charge in [0.1, 0.15) is 12.3 Å². The van der Waals surface area contributed by atoms with Crippen molar-refractivity contribution >= 4 is 40.0 Å². The highest BCUT2D eigenvalue weighted by Gasteiger charge is 2.11. The van der Waals surface area contributed by atoms with Crippen LogP contribution in [0.15, 0.2) is 47.5 Å². The highest BCUT2D eigenvalue weighted by atomic mass is 35.5. The molecule has 0 bridgehead atoms. The molecule has 8 heteroatoms. The number of halogens is 2. The van der Waals surface area contributed by atoms with Gasteiger partial charge in [-0.3, -0.25) is 14.2 Å². The largest absolute Gasteiger partial charge is 0.497 e. The van der Waals surface area contributed by atoms with Gasteiger partial charge in [-0.15, -0.1) is 0 Å². The van der Waals surface area contributed by atoms with Crippen LogP contribution in [0.25, 0.3) is 10.9 Å². The van der Waals surface area contributed by atoms with E-state index in [1.54, 1.807) is 7.11 Å². The Labute approximate surface area is 159 Å².